The van der Waals surface area contributed by atoms with E-state index in [0.717, 1.165) is 27.9 Å². The summed E-state index contributed by atoms with van der Waals surface area (Å²) in [6.45, 7) is 1.98. The Bertz CT molecular complexity index is 1030. The van der Waals surface area contributed by atoms with Gasteiger partial charge in [-0.1, -0.05) is 23.8 Å². The highest BCUT2D eigenvalue weighted by Crippen LogP contribution is 2.26. The van der Waals surface area contributed by atoms with Gasteiger partial charge in [0.25, 0.3) is 0 Å². The van der Waals surface area contributed by atoms with Crippen molar-refractivity contribution in [3.05, 3.63) is 77.9 Å². The van der Waals surface area contributed by atoms with Gasteiger partial charge in [-0.25, -0.2) is 4.98 Å². The average molecular weight is 328 g/mol. The highest BCUT2D eigenvalue weighted by Gasteiger charge is 2.07. The molecule has 4 nitrogen and oxygen atoms in total. The maximum absolute atomic E-state index is 9.86. The summed E-state index contributed by atoms with van der Waals surface area (Å²) in [4.78, 5) is 8.91. The van der Waals surface area contributed by atoms with E-state index in [9.17, 15) is 5.11 Å². The number of para-hydroxylation sites is 2. The Morgan fingerprint density at radius 2 is 1.80 bits per heavy atom. The Labute approximate surface area is 145 Å². The highest BCUT2D eigenvalue weighted by molar-refractivity contribution is 5.85. The number of hydrogen-bond acceptors (Lipinski definition) is 4. The standard InChI is InChI=1S/C21H16N2O2/c1-14-6-11-19(24)16(12-14)13-22-17-9-7-15(8-10-17)21-23-18-4-2-3-5-20(18)25-21/h2-13,24H,1H3. The topological polar surface area (TPSA) is 58.6 Å². The van der Waals surface area contributed by atoms with Crippen molar-refractivity contribution in [1.82, 2.24) is 4.98 Å². The Balaban J connectivity index is 1.59. The van der Waals surface area contributed by atoms with Crippen LogP contribution in [0.25, 0.3) is 22.6 Å². The van der Waals surface area contributed by atoms with Gasteiger partial charge in [-0.3, -0.25) is 4.99 Å². The second kappa shape index (κ2) is 6.24. The number of hydrogen-bond donors (Lipinski definition) is 1. The second-order valence-electron chi connectivity index (χ2n) is 5.85. The van der Waals surface area contributed by atoms with Crippen LogP contribution in [0.15, 0.2) is 76.1 Å². The van der Waals surface area contributed by atoms with E-state index in [1.807, 2.05) is 67.6 Å². The fourth-order valence-corrected chi connectivity index (χ4v) is 2.61. The summed E-state index contributed by atoms with van der Waals surface area (Å²) in [6, 6.07) is 20.8. The number of rotatable bonds is 3. The first-order valence-corrected chi connectivity index (χ1v) is 7.99. The maximum atomic E-state index is 9.86. The monoisotopic (exact) mass is 328 g/mol. The molecule has 122 valence electrons. The summed E-state index contributed by atoms with van der Waals surface area (Å²) in [6.07, 6.45) is 1.66. The van der Waals surface area contributed by atoms with Crippen LogP contribution in [0.1, 0.15) is 11.1 Å². The lowest BCUT2D eigenvalue weighted by Crippen LogP contribution is -1.84. The molecule has 0 unspecified atom stereocenters. The number of phenolic OH excluding ortho intramolecular Hbond substituents is 1. The van der Waals surface area contributed by atoms with Crippen molar-refractivity contribution in [2.75, 3.05) is 0 Å². The minimum absolute atomic E-state index is 0.220. The molecule has 0 atom stereocenters. The fraction of sp³-hybridized carbons (Fsp3) is 0.0476. The van der Waals surface area contributed by atoms with E-state index >= 15 is 0 Å². The first-order valence-electron chi connectivity index (χ1n) is 7.99. The van der Waals surface area contributed by atoms with Crippen molar-refractivity contribution in [3.63, 3.8) is 0 Å². The molecule has 0 aliphatic rings. The van der Waals surface area contributed by atoms with Gasteiger partial charge in [-0.05, 0) is 55.5 Å². The quantitative estimate of drug-likeness (QED) is 0.522. The number of aliphatic imine (C=N–C) groups is 1. The molecule has 0 spiro atoms. The third kappa shape index (κ3) is 3.15. The molecule has 4 heteroatoms. The van der Waals surface area contributed by atoms with Crippen LogP contribution in [0.5, 0.6) is 5.75 Å². The van der Waals surface area contributed by atoms with Crippen LogP contribution in [0.4, 0.5) is 5.69 Å². The molecule has 0 aliphatic carbocycles. The van der Waals surface area contributed by atoms with E-state index in [1.165, 1.54) is 0 Å². The summed E-state index contributed by atoms with van der Waals surface area (Å²) in [5, 5.41) is 9.86. The number of phenols is 1. The summed E-state index contributed by atoms with van der Waals surface area (Å²) in [7, 11) is 0. The molecule has 4 aromatic rings. The number of aromatic nitrogens is 1. The molecule has 0 saturated heterocycles. The van der Waals surface area contributed by atoms with Gasteiger partial charge >= 0.3 is 0 Å². The number of aromatic hydroxyl groups is 1. The lowest BCUT2D eigenvalue weighted by molar-refractivity contribution is 0.474. The smallest absolute Gasteiger partial charge is 0.227 e. The maximum Gasteiger partial charge on any atom is 0.227 e. The molecule has 1 aromatic heterocycles. The summed E-state index contributed by atoms with van der Waals surface area (Å²) >= 11 is 0. The molecule has 0 radical (unpaired) electrons. The molecular formula is C21H16N2O2. The van der Waals surface area contributed by atoms with Gasteiger partial charge < -0.3 is 9.52 Å². The molecule has 0 bridgehead atoms. The van der Waals surface area contributed by atoms with Gasteiger partial charge in [0.2, 0.25) is 5.89 Å². The third-order valence-corrected chi connectivity index (χ3v) is 3.94. The highest BCUT2D eigenvalue weighted by atomic mass is 16.3. The van der Waals surface area contributed by atoms with Crippen LogP contribution in [0.2, 0.25) is 0 Å². The van der Waals surface area contributed by atoms with Gasteiger partial charge in [0, 0.05) is 17.3 Å². The van der Waals surface area contributed by atoms with E-state index < -0.39 is 0 Å². The van der Waals surface area contributed by atoms with E-state index in [2.05, 4.69) is 9.98 Å². The second-order valence-corrected chi connectivity index (χ2v) is 5.85. The Morgan fingerprint density at radius 3 is 2.60 bits per heavy atom. The molecule has 1 heterocycles. The van der Waals surface area contributed by atoms with Crippen molar-refractivity contribution in [2.45, 2.75) is 6.92 Å². The van der Waals surface area contributed by atoms with Gasteiger partial charge in [-0.2, -0.15) is 0 Å². The molecule has 25 heavy (non-hydrogen) atoms. The Hall–Kier alpha value is -3.40. The van der Waals surface area contributed by atoms with Crippen molar-refractivity contribution in [2.24, 2.45) is 4.99 Å². The first-order chi connectivity index (χ1) is 12.2. The zero-order valence-electron chi connectivity index (χ0n) is 13.7. The van der Waals surface area contributed by atoms with E-state index in [0.29, 0.717) is 11.5 Å². The molecule has 0 amide bonds. The minimum Gasteiger partial charge on any atom is -0.507 e. The summed E-state index contributed by atoms with van der Waals surface area (Å²) in [5.74, 6) is 0.811. The molecular weight excluding hydrogens is 312 g/mol. The Kier molecular flexibility index (Phi) is 3.78. The molecule has 0 aliphatic heterocycles. The SMILES string of the molecule is Cc1ccc(O)c(C=Nc2ccc(-c3nc4ccccc4o3)cc2)c1. The van der Waals surface area contributed by atoms with Gasteiger partial charge in [0.05, 0.1) is 5.69 Å². The van der Waals surface area contributed by atoms with Gasteiger partial charge in [0.1, 0.15) is 11.3 Å². The van der Waals surface area contributed by atoms with Crippen molar-refractivity contribution in [3.8, 4) is 17.2 Å². The third-order valence-electron chi connectivity index (χ3n) is 3.94. The predicted molar refractivity (Wildman–Crippen MR) is 99.5 cm³/mol. The minimum atomic E-state index is 0.220. The molecule has 1 N–H and O–H groups in total. The Morgan fingerprint density at radius 1 is 1.00 bits per heavy atom. The molecule has 3 aromatic carbocycles. The van der Waals surface area contributed by atoms with Crippen molar-refractivity contribution >= 4 is 23.0 Å². The molecule has 0 saturated carbocycles. The van der Waals surface area contributed by atoms with Crippen molar-refractivity contribution in [1.29, 1.82) is 0 Å². The van der Waals surface area contributed by atoms with Crippen LogP contribution in [-0.4, -0.2) is 16.3 Å². The molecule has 4 rings (SSSR count). The lowest BCUT2D eigenvalue weighted by Gasteiger charge is -2.00. The van der Waals surface area contributed by atoms with Gasteiger partial charge in [0.15, 0.2) is 5.58 Å². The van der Waals surface area contributed by atoms with Crippen LogP contribution in [-0.2, 0) is 0 Å². The van der Waals surface area contributed by atoms with Crippen molar-refractivity contribution < 1.29 is 9.52 Å². The summed E-state index contributed by atoms with van der Waals surface area (Å²) < 4.78 is 5.77. The number of oxazole rings is 1. The average Bonchev–Trinajstić information content (AvgIpc) is 3.07. The van der Waals surface area contributed by atoms with Crippen LogP contribution < -0.4 is 0 Å². The van der Waals surface area contributed by atoms with E-state index in [4.69, 9.17) is 4.42 Å². The number of nitrogens with zero attached hydrogens (tertiary/aromatic N) is 2. The van der Waals surface area contributed by atoms with E-state index in [-0.39, 0.29) is 5.75 Å². The number of benzene rings is 3. The van der Waals surface area contributed by atoms with Crippen LogP contribution >= 0.6 is 0 Å². The lowest BCUT2D eigenvalue weighted by atomic mass is 10.1. The fourth-order valence-electron chi connectivity index (χ4n) is 2.61. The van der Waals surface area contributed by atoms with Crippen LogP contribution in [0.3, 0.4) is 0 Å². The zero-order valence-corrected chi connectivity index (χ0v) is 13.7. The number of fused-ring (bicyclic) bond motifs is 1. The van der Waals surface area contributed by atoms with E-state index in [1.54, 1.807) is 12.3 Å². The predicted octanol–water partition coefficient (Wildman–Crippen LogP) is 5.26. The largest absolute Gasteiger partial charge is 0.507 e. The normalized spacial score (nSPS) is 11.4. The summed E-state index contributed by atoms with van der Waals surface area (Å²) in [5.41, 5.74) is 5.08. The zero-order chi connectivity index (χ0) is 17.2. The molecule has 0 fully saturated rings. The van der Waals surface area contributed by atoms with Crippen LogP contribution in [0, 0.1) is 6.92 Å². The first kappa shape index (κ1) is 15.1. The van der Waals surface area contributed by atoms with Gasteiger partial charge in [-0.15, -0.1) is 0 Å². The number of aryl methyl sites for hydroxylation is 1.